The summed E-state index contributed by atoms with van der Waals surface area (Å²) in [6.45, 7) is 5.94. The lowest BCUT2D eigenvalue weighted by Gasteiger charge is -2.25. The smallest absolute Gasteiger partial charge is 0.262 e. The zero-order valence-electron chi connectivity index (χ0n) is 12.9. The lowest BCUT2D eigenvalue weighted by Crippen LogP contribution is -2.41. The number of benzene rings is 1. The molecule has 3 rings (SSSR count). The molecule has 0 fully saturated rings. The molecular weight excluding hydrogens is 292 g/mol. The molecule has 1 N–H and O–H groups in total. The second-order valence-corrected chi connectivity index (χ2v) is 6.90. The molecule has 1 amide bonds. The van der Waals surface area contributed by atoms with Crippen molar-refractivity contribution >= 4 is 27.3 Å². The maximum absolute atomic E-state index is 12.7. The highest BCUT2D eigenvalue weighted by molar-refractivity contribution is 7.21. The van der Waals surface area contributed by atoms with E-state index in [1.807, 2.05) is 57.2 Å². The van der Waals surface area contributed by atoms with Gasteiger partial charge >= 0.3 is 0 Å². The van der Waals surface area contributed by atoms with Gasteiger partial charge in [-0.25, -0.2) is 0 Å². The standard InChI is InChI=1S/C18H18N2OS/c1-12-13-8-4-5-9-14(13)22-16(12)17(21)20-18(2,3)15-10-6-7-11-19-15/h4-11H,1-3H3,(H,20,21). The van der Waals surface area contributed by atoms with E-state index in [2.05, 4.69) is 16.4 Å². The molecule has 2 heterocycles. The Kier molecular flexibility index (Phi) is 3.71. The first-order valence-corrected chi connectivity index (χ1v) is 8.03. The Morgan fingerprint density at radius 1 is 1.14 bits per heavy atom. The molecule has 0 aliphatic heterocycles. The van der Waals surface area contributed by atoms with Crippen LogP contribution < -0.4 is 5.32 Å². The number of rotatable bonds is 3. The first-order valence-electron chi connectivity index (χ1n) is 7.21. The Bertz CT molecular complexity index is 821. The number of hydrogen-bond acceptors (Lipinski definition) is 3. The predicted molar refractivity (Wildman–Crippen MR) is 91.3 cm³/mol. The monoisotopic (exact) mass is 310 g/mol. The minimum absolute atomic E-state index is 0.0469. The van der Waals surface area contributed by atoms with Crippen molar-refractivity contribution in [1.29, 1.82) is 0 Å². The Labute approximate surface area is 134 Å². The van der Waals surface area contributed by atoms with Gasteiger partial charge in [0.1, 0.15) is 0 Å². The van der Waals surface area contributed by atoms with Crippen LogP contribution in [0, 0.1) is 6.92 Å². The highest BCUT2D eigenvalue weighted by atomic mass is 32.1. The number of carbonyl (C=O) groups is 1. The van der Waals surface area contributed by atoms with Crippen molar-refractivity contribution in [3.8, 4) is 0 Å². The molecular formula is C18H18N2OS. The maximum atomic E-state index is 12.7. The van der Waals surface area contributed by atoms with E-state index in [9.17, 15) is 4.79 Å². The third-order valence-electron chi connectivity index (χ3n) is 3.78. The SMILES string of the molecule is Cc1c(C(=O)NC(C)(C)c2ccccn2)sc2ccccc12. The Morgan fingerprint density at radius 3 is 2.55 bits per heavy atom. The molecule has 1 aromatic carbocycles. The van der Waals surface area contributed by atoms with E-state index >= 15 is 0 Å². The summed E-state index contributed by atoms with van der Waals surface area (Å²) in [6, 6.07) is 13.8. The van der Waals surface area contributed by atoms with Crippen LogP contribution in [-0.2, 0) is 5.54 Å². The van der Waals surface area contributed by atoms with Crippen molar-refractivity contribution in [3.63, 3.8) is 0 Å². The van der Waals surface area contributed by atoms with Crippen molar-refractivity contribution in [2.75, 3.05) is 0 Å². The van der Waals surface area contributed by atoms with E-state index in [1.165, 1.54) is 11.3 Å². The summed E-state index contributed by atoms with van der Waals surface area (Å²) in [6.07, 6.45) is 1.74. The fraction of sp³-hybridized carbons (Fsp3) is 0.222. The van der Waals surface area contributed by atoms with Gasteiger partial charge in [0.05, 0.1) is 16.1 Å². The predicted octanol–water partition coefficient (Wildman–Crippen LogP) is 4.27. The molecule has 112 valence electrons. The van der Waals surface area contributed by atoms with Crippen LogP contribution in [0.5, 0.6) is 0 Å². The van der Waals surface area contributed by atoms with Crippen LogP contribution in [0.2, 0.25) is 0 Å². The van der Waals surface area contributed by atoms with Gasteiger partial charge in [-0.15, -0.1) is 11.3 Å². The normalized spacial score (nSPS) is 11.6. The van der Waals surface area contributed by atoms with Crippen LogP contribution in [0.4, 0.5) is 0 Å². The van der Waals surface area contributed by atoms with Crippen molar-refractivity contribution in [2.45, 2.75) is 26.3 Å². The van der Waals surface area contributed by atoms with Crippen molar-refractivity contribution in [3.05, 3.63) is 64.8 Å². The van der Waals surface area contributed by atoms with E-state index in [4.69, 9.17) is 0 Å². The number of pyridine rings is 1. The summed E-state index contributed by atoms with van der Waals surface area (Å²) in [5.41, 5.74) is 1.37. The summed E-state index contributed by atoms with van der Waals surface area (Å²) < 4.78 is 1.14. The third-order valence-corrected chi connectivity index (χ3v) is 5.05. The Morgan fingerprint density at radius 2 is 1.86 bits per heavy atom. The first kappa shape index (κ1) is 14.7. The maximum Gasteiger partial charge on any atom is 0.262 e. The molecule has 0 radical (unpaired) electrons. The zero-order chi connectivity index (χ0) is 15.7. The van der Waals surface area contributed by atoms with Gasteiger partial charge in [-0.1, -0.05) is 24.3 Å². The summed E-state index contributed by atoms with van der Waals surface area (Å²) in [5.74, 6) is -0.0469. The van der Waals surface area contributed by atoms with Gasteiger partial charge in [-0.2, -0.15) is 0 Å². The molecule has 3 nitrogen and oxygen atoms in total. The van der Waals surface area contributed by atoms with Gasteiger partial charge in [-0.05, 0) is 49.9 Å². The number of nitrogens with zero attached hydrogens (tertiary/aromatic N) is 1. The lowest BCUT2D eigenvalue weighted by molar-refractivity contribution is 0.0914. The molecule has 4 heteroatoms. The number of amides is 1. The second kappa shape index (κ2) is 5.54. The van der Waals surface area contributed by atoms with Crippen LogP contribution in [0.15, 0.2) is 48.7 Å². The van der Waals surface area contributed by atoms with Crippen LogP contribution in [0.1, 0.15) is 34.8 Å². The van der Waals surface area contributed by atoms with Crippen LogP contribution in [0.3, 0.4) is 0 Å². The minimum atomic E-state index is -0.513. The zero-order valence-corrected chi connectivity index (χ0v) is 13.7. The number of aryl methyl sites for hydroxylation is 1. The topological polar surface area (TPSA) is 42.0 Å². The number of thiophene rings is 1. The second-order valence-electron chi connectivity index (χ2n) is 5.85. The molecule has 0 atom stereocenters. The fourth-order valence-electron chi connectivity index (χ4n) is 2.53. The minimum Gasteiger partial charge on any atom is -0.341 e. The first-order chi connectivity index (χ1) is 10.5. The number of aromatic nitrogens is 1. The number of carbonyl (C=O) groups excluding carboxylic acids is 1. The third kappa shape index (κ3) is 2.62. The van der Waals surface area contributed by atoms with Gasteiger partial charge in [0.2, 0.25) is 0 Å². The van der Waals surface area contributed by atoms with E-state index in [1.54, 1.807) is 6.20 Å². The van der Waals surface area contributed by atoms with E-state index < -0.39 is 5.54 Å². The quantitative estimate of drug-likeness (QED) is 0.785. The van der Waals surface area contributed by atoms with E-state index in [0.717, 1.165) is 26.2 Å². The highest BCUT2D eigenvalue weighted by Gasteiger charge is 2.26. The summed E-state index contributed by atoms with van der Waals surface area (Å²) in [7, 11) is 0. The molecule has 0 unspecified atom stereocenters. The number of hydrogen-bond donors (Lipinski definition) is 1. The summed E-state index contributed by atoms with van der Waals surface area (Å²) in [5, 5.41) is 4.25. The van der Waals surface area contributed by atoms with Gasteiger partial charge in [0.25, 0.3) is 5.91 Å². The lowest BCUT2D eigenvalue weighted by atomic mass is 9.99. The van der Waals surface area contributed by atoms with Gasteiger partial charge < -0.3 is 5.32 Å². The van der Waals surface area contributed by atoms with Crippen molar-refractivity contribution in [2.24, 2.45) is 0 Å². The summed E-state index contributed by atoms with van der Waals surface area (Å²) in [4.78, 5) is 17.8. The Balaban J connectivity index is 1.92. The Hall–Kier alpha value is -2.20. The molecule has 0 spiro atoms. The average Bonchev–Trinajstić information content (AvgIpc) is 2.86. The number of nitrogens with one attached hydrogen (secondary N) is 1. The highest BCUT2D eigenvalue weighted by Crippen LogP contribution is 2.31. The van der Waals surface area contributed by atoms with E-state index in [-0.39, 0.29) is 5.91 Å². The van der Waals surface area contributed by atoms with Gasteiger partial charge in [0, 0.05) is 10.9 Å². The largest absolute Gasteiger partial charge is 0.341 e. The van der Waals surface area contributed by atoms with Crippen molar-refractivity contribution < 1.29 is 4.79 Å². The average molecular weight is 310 g/mol. The molecule has 3 aromatic rings. The molecule has 22 heavy (non-hydrogen) atoms. The van der Waals surface area contributed by atoms with Gasteiger partial charge in [0.15, 0.2) is 0 Å². The molecule has 0 saturated carbocycles. The van der Waals surface area contributed by atoms with E-state index in [0.29, 0.717) is 0 Å². The van der Waals surface area contributed by atoms with Crippen molar-refractivity contribution in [1.82, 2.24) is 10.3 Å². The molecule has 0 bridgehead atoms. The molecule has 0 aliphatic carbocycles. The molecule has 0 saturated heterocycles. The molecule has 0 aliphatic rings. The van der Waals surface area contributed by atoms with Crippen LogP contribution in [0.25, 0.3) is 10.1 Å². The molecule has 2 aromatic heterocycles. The van der Waals surface area contributed by atoms with Crippen LogP contribution >= 0.6 is 11.3 Å². The number of fused-ring (bicyclic) bond motifs is 1. The van der Waals surface area contributed by atoms with Crippen LogP contribution in [-0.4, -0.2) is 10.9 Å². The summed E-state index contributed by atoms with van der Waals surface area (Å²) >= 11 is 1.54. The fourth-order valence-corrected chi connectivity index (χ4v) is 3.63. The van der Waals surface area contributed by atoms with Gasteiger partial charge in [-0.3, -0.25) is 9.78 Å².